The Morgan fingerprint density at radius 3 is 2.76 bits per heavy atom. The molecular weight excluding hydrogens is 314 g/mol. The first-order chi connectivity index (χ1) is 12.3. The molecule has 0 bridgehead atoms. The minimum absolute atomic E-state index is 0.332. The lowest BCUT2D eigenvalue weighted by molar-refractivity contribution is 0.0585. The van der Waals surface area contributed by atoms with Crippen LogP contribution in [0.3, 0.4) is 0 Å². The third-order valence-corrected chi connectivity index (χ3v) is 5.21. The summed E-state index contributed by atoms with van der Waals surface area (Å²) in [6, 6.07) is 14.9. The number of rotatable bonds is 8. The number of fused-ring (bicyclic) bond motifs is 1. The molecule has 1 aliphatic carbocycles. The molecule has 0 amide bonds. The summed E-state index contributed by atoms with van der Waals surface area (Å²) in [5.74, 6) is 1.46. The van der Waals surface area contributed by atoms with Gasteiger partial charge in [-0.05, 0) is 36.6 Å². The Labute approximate surface area is 149 Å². The summed E-state index contributed by atoms with van der Waals surface area (Å²) in [6.07, 6.45) is 3.18. The van der Waals surface area contributed by atoms with Crippen LogP contribution in [0.2, 0.25) is 0 Å². The van der Waals surface area contributed by atoms with Gasteiger partial charge in [-0.2, -0.15) is 0 Å². The Hall–Kier alpha value is -1.62. The maximum atomic E-state index is 10.5. The van der Waals surface area contributed by atoms with Gasteiger partial charge in [-0.15, -0.1) is 0 Å². The SMILES string of the molecule is OC(COc1cccc2ccccc12)CN(CC1CCOC1)C1CC1. The molecule has 0 radical (unpaired) electrons. The quantitative estimate of drug-likeness (QED) is 0.801. The van der Waals surface area contributed by atoms with Crippen LogP contribution in [0.15, 0.2) is 42.5 Å². The van der Waals surface area contributed by atoms with Crippen molar-refractivity contribution < 1.29 is 14.6 Å². The van der Waals surface area contributed by atoms with Gasteiger partial charge >= 0.3 is 0 Å². The number of hydrogen-bond acceptors (Lipinski definition) is 4. The number of ether oxygens (including phenoxy) is 2. The van der Waals surface area contributed by atoms with Crippen molar-refractivity contribution in [3.05, 3.63) is 42.5 Å². The second kappa shape index (κ2) is 7.73. The highest BCUT2D eigenvalue weighted by Gasteiger charge is 2.32. The van der Waals surface area contributed by atoms with Crippen LogP contribution in [-0.4, -0.2) is 55.1 Å². The van der Waals surface area contributed by atoms with Crippen LogP contribution < -0.4 is 4.74 Å². The van der Waals surface area contributed by atoms with Crippen LogP contribution >= 0.6 is 0 Å². The van der Waals surface area contributed by atoms with Crippen LogP contribution in [0.25, 0.3) is 10.8 Å². The summed E-state index contributed by atoms with van der Waals surface area (Å²) in [5, 5.41) is 12.8. The summed E-state index contributed by atoms with van der Waals surface area (Å²) in [5.41, 5.74) is 0. The Morgan fingerprint density at radius 2 is 1.96 bits per heavy atom. The molecule has 1 aliphatic heterocycles. The molecule has 0 spiro atoms. The molecule has 25 heavy (non-hydrogen) atoms. The molecule has 4 rings (SSSR count). The van der Waals surface area contributed by atoms with Crippen molar-refractivity contribution in [3.8, 4) is 5.75 Å². The lowest BCUT2D eigenvalue weighted by atomic mass is 10.1. The Kier molecular flexibility index (Phi) is 5.20. The number of aliphatic hydroxyl groups excluding tert-OH is 1. The van der Waals surface area contributed by atoms with Crippen LogP contribution in [0.1, 0.15) is 19.3 Å². The van der Waals surface area contributed by atoms with Gasteiger partial charge in [0.2, 0.25) is 0 Å². The predicted molar refractivity (Wildman–Crippen MR) is 99.0 cm³/mol. The molecule has 2 aromatic carbocycles. The fourth-order valence-corrected chi connectivity index (χ4v) is 3.70. The van der Waals surface area contributed by atoms with Gasteiger partial charge in [0.15, 0.2) is 0 Å². The number of aliphatic hydroxyl groups is 1. The van der Waals surface area contributed by atoms with E-state index in [1.807, 2.05) is 24.3 Å². The van der Waals surface area contributed by atoms with Crippen LogP contribution in [-0.2, 0) is 4.74 Å². The number of hydrogen-bond donors (Lipinski definition) is 1. The van der Waals surface area contributed by atoms with E-state index in [-0.39, 0.29) is 0 Å². The van der Waals surface area contributed by atoms with Crippen molar-refractivity contribution in [1.82, 2.24) is 4.90 Å². The van der Waals surface area contributed by atoms with Gasteiger partial charge in [-0.3, -0.25) is 4.90 Å². The fourth-order valence-electron chi connectivity index (χ4n) is 3.70. The van der Waals surface area contributed by atoms with E-state index >= 15 is 0 Å². The summed E-state index contributed by atoms with van der Waals surface area (Å²) in [7, 11) is 0. The third-order valence-electron chi connectivity index (χ3n) is 5.21. The third kappa shape index (κ3) is 4.32. The first-order valence-electron chi connectivity index (χ1n) is 9.40. The monoisotopic (exact) mass is 341 g/mol. The van der Waals surface area contributed by atoms with E-state index in [1.165, 1.54) is 12.8 Å². The summed E-state index contributed by atoms with van der Waals surface area (Å²) in [4.78, 5) is 2.44. The highest BCUT2D eigenvalue weighted by atomic mass is 16.5. The molecule has 2 aliphatic rings. The molecule has 2 atom stereocenters. The van der Waals surface area contributed by atoms with Gasteiger partial charge in [0.05, 0.1) is 6.61 Å². The van der Waals surface area contributed by atoms with Gasteiger partial charge in [-0.25, -0.2) is 0 Å². The molecule has 2 aromatic rings. The maximum Gasteiger partial charge on any atom is 0.127 e. The molecule has 2 fully saturated rings. The zero-order chi connectivity index (χ0) is 17.1. The van der Waals surface area contributed by atoms with Crippen LogP contribution in [0, 0.1) is 5.92 Å². The van der Waals surface area contributed by atoms with Gasteiger partial charge in [0.1, 0.15) is 18.5 Å². The second-order valence-corrected chi connectivity index (χ2v) is 7.36. The van der Waals surface area contributed by atoms with Gasteiger partial charge in [0, 0.05) is 31.1 Å². The first-order valence-corrected chi connectivity index (χ1v) is 9.40. The first kappa shape index (κ1) is 16.8. The van der Waals surface area contributed by atoms with E-state index in [4.69, 9.17) is 9.47 Å². The predicted octanol–water partition coefficient (Wildman–Crippen LogP) is 3.08. The highest BCUT2D eigenvalue weighted by Crippen LogP contribution is 2.29. The number of nitrogens with zero attached hydrogens (tertiary/aromatic N) is 1. The summed E-state index contributed by atoms with van der Waals surface area (Å²) in [6.45, 7) is 3.81. The molecule has 0 aromatic heterocycles. The molecule has 2 unspecified atom stereocenters. The summed E-state index contributed by atoms with van der Waals surface area (Å²) >= 11 is 0. The van der Waals surface area contributed by atoms with E-state index in [0.29, 0.717) is 25.1 Å². The Bertz CT molecular complexity index is 689. The second-order valence-electron chi connectivity index (χ2n) is 7.36. The van der Waals surface area contributed by atoms with Crippen molar-refractivity contribution in [1.29, 1.82) is 0 Å². The van der Waals surface area contributed by atoms with E-state index < -0.39 is 6.10 Å². The van der Waals surface area contributed by atoms with Crippen molar-refractivity contribution in [2.45, 2.75) is 31.4 Å². The van der Waals surface area contributed by atoms with Crippen LogP contribution in [0.4, 0.5) is 0 Å². The van der Waals surface area contributed by atoms with E-state index in [2.05, 4.69) is 23.1 Å². The largest absolute Gasteiger partial charge is 0.490 e. The van der Waals surface area contributed by atoms with E-state index in [1.54, 1.807) is 0 Å². The smallest absolute Gasteiger partial charge is 0.127 e. The minimum Gasteiger partial charge on any atom is -0.490 e. The molecule has 134 valence electrons. The van der Waals surface area contributed by atoms with E-state index in [0.717, 1.165) is 42.7 Å². The Morgan fingerprint density at radius 1 is 1.12 bits per heavy atom. The maximum absolute atomic E-state index is 10.5. The molecule has 4 heteroatoms. The number of benzene rings is 2. The molecule has 1 N–H and O–H groups in total. The lowest BCUT2D eigenvalue weighted by Gasteiger charge is -2.27. The standard InChI is InChI=1S/C21H27NO3/c23-19(13-22(18-8-9-18)12-16-10-11-24-14-16)15-25-21-7-3-5-17-4-1-2-6-20(17)21/h1-7,16,18-19,23H,8-15H2. The minimum atomic E-state index is -0.470. The zero-order valence-electron chi connectivity index (χ0n) is 14.6. The molecule has 4 nitrogen and oxygen atoms in total. The Balaban J connectivity index is 1.33. The van der Waals surface area contributed by atoms with Gasteiger partial charge < -0.3 is 14.6 Å². The molecule has 1 saturated heterocycles. The van der Waals surface area contributed by atoms with E-state index in [9.17, 15) is 5.11 Å². The average molecular weight is 341 g/mol. The molecular formula is C21H27NO3. The fraction of sp³-hybridized carbons (Fsp3) is 0.524. The zero-order valence-corrected chi connectivity index (χ0v) is 14.6. The topological polar surface area (TPSA) is 41.9 Å². The van der Waals surface area contributed by atoms with Crippen molar-refractivity contribution >= 4 is 10.8 Å². The normalized spacial score (nSPS) is 21.8. The van der Waals surface area contributed by atoms with Crippen molar-refractivity contribution in [3.63, 3.8) is 0 Å². The highest BCUT2D eigenvalue weighted by molar-refractivity contribution is 5.88. The average Bonchev–Trinajstić information content (AvgIpc) is 3.37. The van der Waals surface area contributed by atoms with Gasteiger partial charge in [0.25, 0.3) is 0 Å². The molecule has 1 saturated carbocycles. The summed E-state index contributed by atoms with van der Waals surface area (Å²) < 4.78 is 11.4. The van der Waals surface area contributed by atoms with Gasteiger partial charge in [-0.1, -0.05) is 36.4 Å². The molecule has 1 heterocycles. The lowest BCUT2D eigenvalue weighted by Crippen LogP contribution is -2.40. The van der Waals surface area contributed by atoms with Crippen LogP contribution in [0.5, 0.6) is 5.75 Å². The van der Waals surface area contributed by atoms with Crippen molar-refractivity contribution in [2.24, 2.45) is 5.92 Å². The van der Waals surface area contributed by atoms with Crippen molar-refractivity contribution in [2.75, 3.05) is 32.9 Å².